The third-order valence-corrected chi connectivity index (χ3v) is 0.447. The molecule has 0 bridgehead atoms. The van der Waals surface area contributed by atoms with Crippen LogP contribution < -0.4 is 0 Å². The predicted octanol–water partition coefficient (Wildman–Crippen LogP) is 0.890. The summed E-state index contributed by atoms with van der Waals surface area (Å²) in [5.74, 6) is 0. The Kier molecular flexibility index (Phi) is 43.0. The fraction of sp³-hybridized carbons (Fsp3) is 1.00. The van der Waals surface area contributed by atoms with E-state index in [1.165, 1.54) is 0 Å². The summed E-state index contributed by atoms with van der Waals surface area (Å²) in [5.41, 5.74) is 0. The summed E-state index contributed by atoms with van der Waals surface area (Å²) >= 11 is 0. The molecular formula is C6H18O2S. The van der Waals surface area contributed by atoms with E-state index in [2.05, 4.69) is 0 Å². The lowest BCUT2D eigenvalue weighted by molar-refractivity contribution is 0.294. The summed E-state index contributed by atoms with van der Waals surface area (Å²) in [4.78, 5) is 0. The maximum absolute atomic E-state index is 7.88. The van der Waals surface area contributed by atoms with E-state index in [9.17, 15) is 0 Å². The minimum absolute atomic E-state index is 0. The van der Waals surface area contributed by atoms with E-state index >= 15 is 0 Å². The molecule has 0 rings (SSSR count). The molecule has 0 fully saturated rings. The molecule has 2 nitrogen and oxygen atoms in total. The highest BCUT2D eigenvalue weighted by Gasteiger charge is 1.57. The lowest BCUT2D eigenvalue weighted by Gasteiger charge is -1.69. The Labute approximate surface area is 64.4 Å². The lowest BCUT2D eigenvalue weighted by atomic mass is 10.5. The van der Waals surface area contributed by atoms with Gasteiger partial charge in [-0.25, -0.2) is 0 Å². The van der Waals surface area contributed by atoms with Gasteiger partial charge in [0.25, 0.3) is 0 Å². The Morgan fingerprint density at radius 3 is 1.00 bits per heavy atom. The van der Waals surface area contributed by atoms with Crippen LogP contribution in [-0.2, 0) is 0 Å². The summed E-state index contributed by atoms with van der Waals surface area (Å²) in [7, 11) is 0. The van der Waals surface area contributed by atoms with Gasteiger partial charge in [-0.3, -0.25) is 0 Å². The topological polar surface area (TPSA) is 40.5 Å². The molecule has 60 valence electrons. The van der Waals surface area contributed by atoms with Crippen LogP contribution in [0, 0.1) is 0 Å². The summed E-state index contributed by atoms with van der Waals surface area (Å²) in [6.07, 6.45) is 1.75. The van der Waals surface area contributed by atoms with E-state index < -0.39 is 0 Å². The van der Waals surface area contributed by atoms with Crippen molar-refractivity contribution in [1.29, 1.82) is 0 Å². The van der Waals surface area contributed by atoms with Gasteiger partial charge in [-0.1, -0.05) is 13.8 Å². The first-order valence-electron chi connectivity index (χ1n) is 3.05. The minimum atomic E-state index is 0. The lowest BCUT2D eigenvalue weighted by Crippen LogP contribution is -1.69. The van der Waals surface area contributed by atoms with Crippen molar-refractivity contribution in [3.63, 3.8) is 0 Å². The first kappa shape index (κ1) is 16.1. The molecule has 0 radical (unpaired) electrons. The van der Waals surface area contributed by atoms with Crippen LogP contribution in [0.4, 0.5) is 0 Å². The third-order valence-electron chi connectivity index (χ3n) is 0.447. The van der Waals surface area contributed by atoms with Crippen molar-refractivity contribution in [2.75, 3.05) is 13.2 Å². The van der Waals surface area contributed by atoms with Gasteiger partial charge in [-0.05, 0) is 12.8 Å². The largest absolute Gasteiger partial charge is 0.396 e. The van der Waals surface area contributed by atoms with Crippen molar-refractivity contribution in [3.05, 3.63) is 0 Å². The van der Waals surface area contributed by atoms with E-state index in [-0.39, 0.29) is 13.5 Å². The van der Waals surface area contributed by atoms with Crippen molar-refractivity contribution < 1.29 is 10.2 Å². The normalized spacial score (nSPS) is 6.67. The Hall–Kier alpha value is 0.270. The fourth-order valence-electron chi connectivity index (χ4n) is 0. The Bertz CT molecular complexity index is 19.0. The molecule has 0 aliphatic carbocycles. The van der Waals surface area contributed by atoms with E-state index in [0.717, 1.165) is 12.8 Å². The van der Waals surface area contributed by atoms with Crippen LogP contribution in [0.1, 0.15) is 26.7 Å². The third kappa shape index (κ3) is 63.1. The number of hydrogen-bond donors (Lipinski definition) is 2. The highest BCUT2D eigenvalue weighted by molar-refractivity contribution is 7.59. The van der Waals surface area contributed by atoms with Crippen LogP contribution in [0.15, 0.2) is 0 Å². The van der Waals surface area contributed by atoms with E-state index in [1.54, 1.807) is 0 Å². The zero-order chi connectivity index (χ0) is 6.83. The molecule has 0 aromatic heterocycles. The SMILES string of the molecule is CCCO.CCCO.S. The van der Waals surface area contributed by atoms with Gasteiger partial charge in [0.15, 0.2) is 0 Å². The highest BCUT2D eigenvalue weighted by Crippen LogP contribution is 1.61. The van der Waals surface area contributed by atoms with Crippen molar-refractivity contribution in [3.8, 4) is 0 Å². The molecule has 0 unspecified atom stereocenters. The van der Waals surface area contributed by atoms with Crippen LogP contribution >= 0.6 is 13.5 Å². The zero-order valence-corrected chi connectivity index (χ0v) is 7.22. The first-order valence-corrected chi connectivity index (χ1v) is 3.05. The maximum atomic E-state index is 7.88. The predicted molar refractivity (Wildman–Crippen MR) is 45.1 cm³/mol. The van der Waals surface area contributed by atoms with Crippen molar-refractivity contribution in [1.82, 2.24) is 0 Å². The fourth-order valence-corrected chi connectivity index (χ4v) is 0. The number of aliphatic hydroxyl groups excluding tert-OH is 2. The van der Waals surface area contributed by atoms with Crippen LogP contribution in [-0.4, -0.2) is 23.4 Å². The van der Waals surface area contributed by atoms with Gasteiger partial charge in [-0.2, -0.15) is 13.5 Å². The molecule has 0 aliphatic rings. The summed E-state index contributed by atoms with van der Waals surface area (Å²) in [6.45, 7) is 4.50. The average molecular weight is 154 g/mol. The summed E-state index contributed by atoms with van der Waals surface area (Å²) < 4.78 is 0. The smallest absolute Gasteiger partial charge is 0.0428 e. The summed E-state index contributed by atoms with van der Waals surface area (Å²) in [6, 6.07) is 0. The molecule has 0 spiro atoms. The number of rotatable bonds is 2. The molecule has 0 aromatic carbocycles. The second kappa shape index (κ2) is 24.0. The molecule has 0 amide bonds. The maximum Gasteiger partial charge on any atom is 0.0428 e. The van der Waals surface area contributed by atoms with E-state index in [1.807, 2.05) is 13.8 Å². The van der Waals surface area contributed by atoms with Crippen molar-refractivity contribution in [2.45, 2.75) is 26.7 Å². The second-order valence-electron chi connectivity index (χ2n) is 1.45. The molecule has 2 N–H and O–H groups in total. The van der Waals surface area contributed by atoms with E-state index in [0.29, 0.717) is 13.2 Å². The Balaban J connectivity index is -0.0000000720. The highest BCUT2D eigenvalue weighted by atomic mass is 32.1. The molecular weight excluding hydrogens is 136 g/mol. The molecule has 0 aliphatic heterocycles. The Morgan fingerprint density at radius 2 is 1.00 bits per heavy atom. The quantitative estimate of drug-likeness (QED) is 0.620. The van der Waals surface area contributed by atoms with Gasteiger partial charge in [-0.15, -0.1) is 0 Å². The molecule has 0 saturated heterocycles. The molecule has 0 saturated carbocycles. The number of aliphatic hydroxyl groups is 2. The van der Waals surface area contributed by atoms with Gasteiger partial charge in [0, 0.05) is 13.2 Å². The molecule has 9 heavy (non-hydrogen) atoms. The van der Waals surface area contributed by atoms with Crippen molar-refractivity contribution >= 4 is 13.5 Å². The van der Waals surface area contributed by atoms with Crippen LogP contribution in [0.25, 0.3) is 0 Å². The monoisotopic (exact) mass is 154 g/mol. The molecule has 0 atom stereocenters. The second-order valence-corrected chi connectivity index (χ2v) is 1.45. The van der Waals surface area contributed by atoms with Gasteiger partial charge < -0.3 is 10.2 Å². The van der Waals surface area contributed by atoms with Crippen LogP contribution in [0.5, 0.6) is 0 Å². The minimum Gasteiger partial charge on any atom is -0.396 e. The summed E-state index contributed by atoms with van der Waals surface area (Å²) in [5, 5.41) is 15.8. The Morgan fingerprint density at radius 1 is 0.889 bits per heavy atom. The number of hydrogen-bond acceptors (Lipinski definition) is 2. The first-order chi connectivity index (χ1) is 3.83. The average Bonchev–Trinajstić information content (AvgIpc) is 1.88. The standard InChI is InChI=1S/2C3H8O.H2S/c2*1-2-3-4;/h2*4H,2-3H2,1H3;1H2. The molecule has 3 heteroatoms. The van der Waals surface area contributed by atoms with Gasteiger partial charge in [0.2, 0.25) is 0 Å². The van der Waals surface area contributed by atoms with Gasteiger partial charge >= 0.3 is 0 Å². The van der Waals surface area contributed by atoms with Crippen LogP contribution in [0.2, 0.25) is 0 Å². The van der Waals surface area contributed by atoms with Gasteiger partial charge in [0.1, 0.15) is 0 Å². The molecule has 0 aromatic rings. The van der Waals surface area contributed by atoms with Gasteiger partial charge in [0.05, 0.1) is 0 Å². The zero-order valence-electron chi connectivity index (χ0n) is 6.22. The molecule has 0 heterocycles. The van der Waals surface area contributed by atoms with Crippen LogP contribution in [0.3, 0.4) is 0 Å². The van der Waals surface area contributed by atoms with E-state index in [4.69, 9.17) is 10.2 Å². The van der Waals surface area contributed by atoms with Crippen molar-refractivity contribution in [2.24, 2.45) is 0 Å².